The van der Waals surface area contributed by atoms with Crippen LogP contribution in [0.5, 0.6) is 5.75 Å². The number of carbonyl (C=O) groups is 1. The monoisotopic (exact) mass is 313 g/mol. The van der Waals surface area contributed by atoms with Crippen LogP contribution in [0.2, 0.25) is 0 Å². The van der Waals surface area contributed by atoms with Gasteiger partial charge in [-0.3, -0.25) is 0 Å². The first kappa shape index (κ1) is 15.8. The second kappa shape index (κ2) is 5.52. The highest BCUT2D eigenvalue weighted by atomic mass is 16.5. The second-order valence-electron chi connectivity index (χ2n) is 7.50. The van der Waals surface area contributed by atoms with E-state index in [1.54, 1.807) is 6.07 Å². The molecule has 0 bridgehead atoms. The molecule has 0 saturated heterocycles. The number of aromatic nitrogens is 1. The van der Waals surface area contributed by atoms with Crippen molar-refractivity contribution in [3.8, 4) is 5.75 Å². The average Bonchev–Trinajstić information content (AvgIpc) is 3.27. The van der Waals surface area contributed by atoms with Gasteiger partial charge < -0.3 is 9.84 Å². The quantitative estimate of drug-likeness (QED) is 0.913. The number of hydrogen-bond acceptors (Lipinski definition) is 3. The Balaban J connectivity index is 2.17. The van der Waals surface area contributed by atoms with Gasteiger partial charge in [-0.2, -0.15) is 0 Å². The van der Waals surface area contributed by atoms with Gasteiger partial charge in [-0.1, -0.05) is 20.8 Å². The summed E-state index contributed by atoms with van der Waals surface area (Å²) in [5.41, 5.74) is 2.64. The lowest BCUT2D eigenvalue weighted by molar-refractivity contribution is 0.0691. The summed E-state index contributed by atoms with van der Waals surface area (Å²) in [6.45, 7) is 9.01. The molecule has 1 aromatic heterocycles. The largest absolute Gasteiger partial charge is 0.493 e. The smallest absolute Gasteiger partial charge is 0.354 e. The van der Waals surface area contributed by atoms with Crippen LogP contribution in [0.25, 0.3) is 10.9 Å². The van der Waals surface area contributed by atoms with Crippen LogP contribution in [0.1, 0.15) is 55.2 Å². The Bertz CT molecular complexity index is 770. The zero-order valence-corrected chi connectivity index (χ0v) is 14.1. The lowest BCUT2D eigenvalue weighted by atomic mass is 9.84. The van der Waals surface area contributed by atoms with E-state index < -0.39 is 5.97 Å². The van der Waals surface area contributed by atoms with Crippen LogP contribution < -0.4 is 4.74 Å². The Morgan fingerprint density at radius 1 is 1.30 bits per heavy atom. The molecule has 0 unspecified atom stereocenters. The number of pyridine rings is 1. The van der Waals surface area contributed by atoms with Crippen molar-refractivity contribution >= 4 is 16.9 Å². The van der Waals surface area contributed by atoms with E-state index in [1.165, 1.54) is 12.8 Å². The zero-order valence-electron chi connectivity index (χ0n) is 14.1. The summed E-state index contributed by atoms with van der Waals surface area (Å²) in [6, 6.07) is 5.63. The number of rotatable bonds is 4. The fourth-order valence-corrected chi connectivity index (χ4v) is 2.73. The number of fused-ring (bicyclic) bond motifs is 1. The molecule has 23 heavy (non-hydrogen) atoms. The summed E-state index contributed by atoms with van der Waals surface area (Å²) >= 11 is 0. The number of aryl methyl sites for hydroxylation is 1. The molecule has 122 valence electrons. The highest BCUT2D eigenvalue weighted by molar-refractivity contribution is 5.93. The molecule has 1 aliphatic carbocycles. The molecule has 0 aliphatic heterocycles. The molecular weight excluding hydrogens is 290 g/mol. The van der Waals surface area contributed by atoms with Crippen molar-refractivity contribution in [1.82, 2.24) is 4.98 Å². The van der Waals surface area contributed by atoms with Gasteiger partial charge in [0, 0.05) is 5.39 Å². The van der Waals surface area contributed by atoms with Crippen molar-refractivity contribution in [2.45, 2.75) is 46.0 Å². The SMILES string of the molecule is Cc1cc(C(=O)O)nc2c(C(C)(C)C)cc(OCC3CC3)cc12. The van der Waals surface area contributed by atoms with E-state index in [1.807, 2.05) is 19.1 Å². The van der Waals surface area contributed by atoms with Gasteiger partial charge in [-0.25, -0.2) is 9.78 Å². The van der Waals surface area contributed by atoms with Gasteiger partial charge in [0.15, 0.2) is 0 Å². The van der Waals surface area contributed by atoms with E-state index in [4.69, 9.17) is 4.74 Å². The number of hydrogen-bond donors (Lipinski definition) is 1. The number of carboxylic acid groups (broad SMARTS) is 1. The summed E-state index contributed by atoms with van der Waals surface area (Å²) in [6.07, 6.45) is 2.50. The molecule has 0 atom stereocenters. The second-order valence-corrected chi connectivity index (χ2v) is 7.50. The fourth-order valence-electron chi connectivity index (χ4n) is 2.73. The summed E-state index contributed by atoms with van der Waals surface area (Å²) in [5.74, 6) is 0.545. The van der Waals surface area contributed by atoms with Crippen molar-refractivity contribution in [3.05, 3.63) is 35.0 Å². The average molecular weight is 313 g/mol. The first-order chi connectivity index (χ1) is 10.8. The topological polar surface area (TPSA) is 59.4 Å². The normalized spacial score (nSPS) is 15.0. The van der Waals surface area contributed by atoms with E-state index in [2.05, 4.69) is 25.8 Å². The van der Waals surface area contributed by atoms with Gasteiger partial charge in [-0.05, 0) is 60.4 Å². The van der Waals surface area contributed by atoms with Gasteiger partial charge >= 0.3 is 5.97 Å². The van der Waals surface area contributed by atoms with Gasteiger partial charge in [0.2, 0.25) is 0 Å². The standard InChI is InChI=1S/C19H23NO3/c1-11-7-16(18(21)22)20-17-14(11)8-13(23-10-12-5-6-12)9-15(17)19(2,3)4/h7-9,12H,5-6,10H2,1-4H3,(H,21,22). The Labute approximate surface area is 136 Å². The van der Waals surface area contributed by atoms with Crippen molar-refractivity contribution in [3.63, 3.8) is 0 Å². The minimum Gasteiger partial charge on any atom is -0.493 e. The van der Waals surface area contributed by atoms with Crippen molar-refractivity contribution < 1.29 is 14.6 Å². The van der Waals surface area contributed by atoms with Crippen LogP contribution in [0.3, 0.4) is 0 Å². The molecule has 0 spiro atoms. The van der Waals surface area contributed by atoms with Crippen molar-refractivity contribution in [2.75, 3.05) is 6.61 Å². The Morgan fingerprint density at radius 3 is 2.57 bits per heavy atom. The van der Waals surface area contributed by atoms with E-state index in [-0.39, 0.29) is 11.1 Å². The zero-order chi connectivity index (χ0) is 16.8. The van der Waals surface area contributed by atoms with Crippen LogP contribution in [0.4, 0.5) is 0 Å². The number of nitrogens with zero attached hydrogens (tertiary/aromatic N) is 1. The van der Waals surface area contributed by atoms with Crippen LogP contribution in [-0.4, -0.2) is 22.7 Å². The molecule has 3 rings (SSSR count). The van der Waals surface area contributed by atoms with Gasteiger partial charge in [0.1, 0.15) is 11.4 Å². The maximum absolute atomic E-state index is 11.3. The van der Waals surface area contributed by atoms with Gasteiger partial charge in [0.25, 0.3) is 0 Å². The van der Waals surface area contributed by atoms with Crippen LogP contribution in [0.15, 0.2) is 18.2 Å². The highest BCUT2D eigenvalue weighted by Crippen LogP contribution is 2.36. The molecular formula is C19H23NO3. The van der Waals surface area contributed by atoms with E-state index in [9.17, 15) is 9.90 Å². The first-order valence-corrected chi connectivity index (χ1v) is 8.07. The summed E-state index contributed by atoms with van der Waals surface area (Å²) in [5, 5.41) is 10.2. The lowest BCUT2D eigenvalue weighted by Crippen LogP contribution is -2.14. The fraction of sp³-hybridized carbons (Fsp3) is 0.474. The highest BCUT2D eigenvalue weighted by Gasteiger charge is 2.24. The molecule has 1 heterocycles. The summed E-state index contributed by atoms with van der Waals surface area (Å²) < 4.78 is 5.96. The third-order valence-corrected chi connectivity index (χ3v) is 4.30. The van der Waals surface area contributed by atoms with Crippen LogP contribution >= 0.6 is 0 Å². The molecule has 4 nitrogen and oxygen atoms in total. The third-order valence-electron chi connectivity index (χ3n) is 4.30. The van der Waals surface area contributed by atoms with Crippen LogP contribution in [-0.2, 0) is 5.41 Å². The molecule has 0 amide bonds. The maximum Gasteiger partial charge on any atom is 0.354 e. The lowest BCUT2D eigenvalue weighted by Gasteiger charge is -2.23. The maximum atomic E-state index is 11.3. The molecule has 1 saturated carbocycles. The van der Waals surface area contributed by atoms with E-state index in [0.717, 1.165) is 34.4 Å². The molecule has 1 N–H and O–H groups in total. The predicted octanol–water partition coefficient (Wildman–Crippen LogP) is 4.33. The van der Waals surface area contributed by atoms with Crippen molar-refractivity contribution in [1.29, 1.82) is 0 Å². The Morgan fingerprint density at radius 2 is 2.00 bits per heavy atom. The van der Waals surface area contributed by atoms with Crippen LogP contribution in [0, 0.1) is 12.8 Å². The Hall–Kier alpha value is -2.10. The van der Waals surface area contributed by atoms with Crippen molar-refractivity contribution in [2.24, 2.45) is 5.92 Å². The molecule has 1 aromatic carbocycles. The Kier molecular flexibility index (Phi) is 3.78. The number of carboxylic acids is 1. The van der Waals surface area contributed by atoms with E-state index >= 15 is 0 Å². The minimum absolute atomic E-state index is 0.0900. The number of aromatic carboxylic acids is 1. The molecule has 1 aliphatic rings. The molecule has 0 radical (unpaired) electrons. The molecule has 4 heteroatoms. The predicted molar refractivity (Wildman–Crippen MR) is 90.4 cm³/mol. The minimum atomic E-state index is -0.996. The van der Waals surface area contributed by atoms with E-state index in [0.29, 0.717) is 5.92 Å². The number of ether oxygens (including phenoxy) is 1. The molecule has 2 aromatic rings. The van der Waals surface area contributed by atoms with Gasteiger partial charge in [-0.15, -0.1) is 0 Å². The summed E-state index contributed by atoms with van der Waals surface area (Å²) in [4.78, 5) is 15.7. The number of benzene rings is 1. The first-order valence-electron chi connectivity index (χ1n) is 8.07. The van der Waals surface area contributed by atoms with Gasteiger partial charge in [0.05, 0.1) is 12.1 Å². The molecule has 1 fully saturated rings. The summed E-state index contributed by atoms with van der Waals surface area (Å²) in [7, 11) is 0. The third kappa shape index (κ3) is 3.31.